The predicted molar refractivity (Wildman–Crippen MR) is 272 cm³/mol. The number of carbonyl (C=O) groups excluding carboxylic acids is 9. The highest BCUT2D eigenvalue weighted by molar-refractivity contribution is 8.00. The van der Waals surface area contributed by atoms with E-state index in [4.69, 9.17) is 35.3 Å². The molecule has 6 rings (SSSR count). The second-order valence-electron chi connectivity index (χ2n) is 19.3. The Morgan fingerprint density at radius 3 is 2.24 bits per heavy atom. The molecular formula is C50H66ClN5O16S2. The number of epoxide rings is 1. The molecule has 4 bridgehead atoms. The number of fused-ring (bicyclic) bond motifs is 5. The number of likely N-dealkylation sites (N-methyl/N-ethyl adjacent to an activating group) is 1. The third-order valence-corrected chi connectivity index (χ3v) is 16.8. The van der Waals surface area contributed by atoms with E-state index in [0.717, 1.165) is 22.2 Å². The molecule has 7 amide bonds. The van der Waals surface area contributed by atoms with Crippen LogP contribution < -0.4 is 10.2 Å². The van der Waals surface area contributed by atoms with Crippen LogP contribution in [-0.2, 0) is 63.7 Å². The van der Waals surface area contributed by atoms with Crippen LogP contribution in [-0.4, -0.2) is 197 Å². The number of nitrogens with zero attached hydrogens (tertiary/aromatic N) is 4. The summed E-state index contributed by atoms with van der Waals surface area (Å²) in [6.45, 7) is 6.84. The van der Waals surface area contributed by atoms with E-state index in [1.54, 1.807) is 50.5 Å². The van der Waals surface area contributed by atoms with Crippen LogP contribution in [0.1, 0.15) is 75.7 Å². The van der Waals surface area contributed by atoms with E-state index in [2.05, 4.69) is 5.32 Å². The maximum atomic E-state index is 14.3. The molecule has 5 aliphatic heterocycles. The van der Waals surface area contributed by atoms with E-state index in [0.29, 0.717) is 18.3 Å². The number of carbonyl (C=O) groups is 9. The number of halogens is 1. The fraction of sp³-hybridized carbons (Fsp3) is 0.620. The highest BCUT2D eigenvalue weighted by Crippen LogP contribution is 2.49. The molecule has 406 valence electrons. The Bertz CT molecular complexity index is 2410. The summed E-state index contributed by atoms with van der Waals surface area (Å²) in [5.41, 5.74) is -1.50. The Hall–Kier alpha value is -4.88. The molecule has 24 heteroatoms. The van der Waals surface area contributed by atoms with Gasteiger partial charge in [0.1, 0.15) is 23.9 Å². The summed E-state index contributed by atoms with van der Waals surface area (Å²) in [6, 6.07) is 2.09. The number of aliphatic hydroxyl groups excluding tert-OH is 1. The van der Waals surface area contributed by atoms with Crippen LogP contribution in [0.2, 0.25) is 5.02 Å². The van der Waals surface area contributed by atoms with Crippen LogP contribution >= 0.6 is 35.1 Å². The number of rotatable bonds is 19. The van der Waals surface area contributed by atoms with E-state index in [1.807, 2.05) is 6.92 Å². The summed E-state index contributed by atoms with van der Waals surface area (Å²) < 4.78 is 29.1. The first-order valence-corrected chi connectivity index (χ1v) is 27.1. The number of nitrogens with one attached hydrogen (secondary N) is 1. The third kappa shape index (κ3) is 13.6. The minimum absolute atomic E-state index is 0.0206. The van der Waals surface area contributed by atoms with Crippen molar-refractivity contribution in [3.05, 3.63) is 52.1 Å². The first-order chi connectivity index (χ1) is 35.1. The van der Waals surface area contributed by atoms with Crippen molar-refractivity contribution >= 4 is 94.6 Å². The van der Waals surface area contributed by atoms with E-state index in [1.165, 1.54) is 47.5 Å². The molecule has 0 aliphatic carbocycles. The van der Waals surface area contributed by atoms with Crippen molar-refractivity contribution < 1.29 is 77.0 Å². The van der Waals surface area contributed by atoms with Crippen molar-refractivity contribution in [3.63, 3.8) is 0 Å². The summed E-state index contributed by atoms with van der Waals surface area (Å²) in [7, 11) is 2.88. The van der Waals surface area contributed by atoms with Crippen molar-refractivity contribution in [2.24, 2.45) is 11.8 Å². The Labute approximate surface area is 443 Å². The van der Waals surface area contributed by atoms with Crippen molar-refractivity contribution in [2.45, 2.75) is 112 Å². The lowest BCUT2D eigenvalue weighted by atomic mass is 9.81. The van der Waals surface area contributed by atoms with Gasteiger partial charge < -0.3 is 43.7 Å². The molecule has 4 saturated heterocycles. The number of ether oxygens (including phenoxy) is 5. The van der Waals surface area contributed by atoms with Crippen molar-refractivity contribution in [1.29, 1.82) is 0 Å². The summed E-state index contributed by atoms with van der Waals surface area (Å²) in [4.78, 5) is 122. The molecule has 0 spiro atoms. The van der Waals surface area contributed by atoms with Gasteiger partial charge in [0.25, 0.3) is 0 Å². The maximum absolute atomic E-state index is 14.3. The van der Waals surface area contributed by atoms with Crippen LogP contribution in [0.15, 0.2) is 35.9 Å². The van der Waals surface area contributed by atoms with E-state index in [9.17, 15) is 53.4 Å². The van der Waals surface area contributed by atoms with E-state index >= 15 is 0 Å². The van der Waals surface area contributed by atoms with Crippen LogP contribution in [0.4, 0.5) is 10.5 Å². The molecule has 5 aliphatic rings. The monoisotopic (exact) mass is 1090 g/mol. The molecule has 74 heavy (non-hydrogen) atoms. The number of alkyl carbamates (subject to hydrolysis) is 1. The van der Waals surface area contributed by atoms with E-state index in [-0.39, 0.29) is 110 Å². The highest BCUT2D eigenvalue weighted by Gasteiger charge is 2.64. The molecule has 21 nitrogen and oxygen atoms in total. The van der Waals surface area contributed by atoms with Gasteiger partial charge in [-0.1, -0.05) is 42.3 Å². The summed E-state index contributed by atoms with van der Waals surface area (Å²) in [6.07, 6.45) is 3.08. The summed E-state index contributed by atoms with van der Waals surface area (Å²) >= 11 is 9.17. The molecule has 1 aromatic carbocycles. The fourth-order valence-corrected chi connectivity index (χ4v) is 11.5. The molecule has 0 saturated carbocycles. The highest BCUT2D eigenvalue weighted by atomic mass is 35.5. The zero-order chi connectivity index (χ0) is 54.2. The van der Waals surface area contributed by atoms with Gasteiger partial charge in [-0.2, -0.15) is 11.8 Å². The maximum Gasteiger partial charge on any atom is 0.409 e. The van der Waals surface area contributed by atoms with Crippen molar-refractivity contribution in [2.75, 3.05) is 77.1 Å². The number of thioether (sulfide) groups is 2. The minimum atomic E-state index is -1.93. The summed E-state index contributed by atoms with van der Waals surface area (Å²) in [5.74, 6) is -4.61. The van der Waals surface area contributed by atoms with Crippen LogP contribution in [0, 0.1) is 11.8 Å². The Morgan fingerprint density at radius 2 is 1.64 bits per heavy atom. The molecule has 5 heterocycles. The number of imide groups is 2. The Kier molecular flexibility index (Phi) is 20.0. The smallest absolute Gasteiger partial charge is 0.409 e. The predicted octanol–water partition coefficient (Wildman–Crippen LogP) is 2.69. The largest absolute Gasteiger partial charge is 0.457 e. The number of allylic oxidation sites excluding steroid dienone is 3. The molecule has 10 atom stereocenters. The van der Waals surface area contributed by atoms with Gasteiger partial charge in [-0.25, -0.2) is 9.59 Å². The SMILES string of the molecule is CSC1CC(=O)N(CCOCCOCCN2C(=O)CC(SCCC(=O)N(C)[C@@H](C)C(=O)O[C@H]3CC(=O)N(C)c4cc(cc(C=O)c4Cl)C/C(C)=C/C=C/[C@@H](CO)[C@@]4(O)C[C@H](OC(=O)N4)[C@@H](C)[C@@H]4O[C@@]34C)C2=O)C1=O. The number of likely N-dealkylation sites (tertiary alicyclic amines) is 2. The number of benzene rings is 1. The molecule has 0 aromatic heterocycles. The Morgan fingerprint density at radius 1 is 1.00 bits per heavy atom. The third-order valence-electron chi connectivity index (χ3n) is 14.3. The van der Waals surface area contributed by atoms with Gasteiger partial charge in [-0.05, 0) is 51.1 Å². The molecular weight excluding hydrogens is 1030 g/mol. The average molecular weight is 1090 g/mol. The number of anilines is 1. The normalized spacial score (nSPS) is 30.1. The average Bonchev–Trinajstić information content (AvgIpc) is 3.88. The first-order valence-electron chi connectivity index (χ1n) is 24.4. The topological polar surface area (TPSA) is 269 Å². The van der Waals surface area contributed by atoms with Crippen LogP contribution in [0.5, 0.6) is 0 Å². The van der Waals surface area contributed by atoms with Gasteiger partial charge in [0.15, 0.2) is 12.0 Å². The second-order valence-corrected chi connectivity index (χ2v) is 22.0. The quantitative estimate of drug-likeness (QED) is 0.0591. The lowest BCUT2D eigenvalue weighted by molar-refractivity contribution is -0.162. The zero-order valence-electron chi connectivity index (χ0n) is 42.6. The molecule has 3 N–H and O–H groups in total. The molecule has 2 unspecified atom stereocenters. The molecule has 0 radical (unpaired) electrons. The van der Waals surface area contributed by atoms with Crippen molar-refractivity contribution in [1.82, 2.24) is 20.0 Å². The van der Waals surface area contributed by atoms with Crippen molar-refractivity contribution in [3.8, 4) is 0 Å². The van der Waals surface area contributed by atoms with E-state index < -0.39 is 95.6 Å². The van der Waals surface area contributed by atoms with Gasteiger partial charge >= 0.3 is 12.1 Å². The Balaban J connectivity index is 1.06. The van der Waals surface area contributed by atoms with Crippen LogP contribution in [0.3, 0.4) is 0 Å². The zero-order valence-corrected chi connectivity index (χ0v) is 45.0. The minimum Gasteiger partial charge on any atom is -0.457 e. The first kappa shape index (κ1) is 58.4. The standard InChI is InChI=1S/C50H66ClN5O16S2/c1-28-9-8-10-33(27-58)50(67)25-35(70-48(66)52-50)29(2)44-49(4,72-44)38(24-40(60)54(6)34-21-31(19-28)20-32(26-57)43(34)51)71-47(65)30(3)53(5)39(59)11-18-74-37-23-42(62)56(46(37)64)13-15-69-17-16-68-14-12-55-41(61)22-36(73-7)45(55)63/h8-10,20-21,26,29-30,33,35-38,44,58,67H,11-19,22-25,27H2,1-7H3,(H,52,66)/b10-8+,28-9+/t29-,30+,33+,35+,36?,37?,38+,44+,49+,50+/m1/s1. The van der Waals surface area contributed by atoms with Crippen LogP contribution in [0.25, 0.3) is 0 Å². The fourth-order valence-electron chi connectivity index (χ4n) is 9.43. The summed E-state index contributed by atoms with van der Waals surface area (Å²) in [5, 5.41) is 23.6. The number of amides is 7. The number of esters is 1. The second kappa shape index (κ2) is 25.3. The molecule has 4 fully saturated rings. The van der Waals surface area contributed by atoms with Gasteiger partial charge in [-0.3, -0.25) is 48.7 Å². The van der Waals surface area contributed by atoms with Gasteiger partial charge in [-0.15, -0.1) is 11.8 Å². The lowest BCUT2D eigenvalue weighted by Gasteiger charge is -2.42. The number of aliphatic hydroxyl groups is 2. The van der Waals surface area contributed by atoms with Gasteiger partial charge in [0.05, 0.1) is 79.9 Å². The lowest BCUT2D eigenvalue weighted by Crippen LogP contribution is -2.62. The molecule has 1 aromatic rings. The number of aldehydes is 1. The van der Waals surface area contributed by atoms with Gasteiger partial charge in [0.2, 0.25) is 35.4 Å². The number of hydrogen-bond donors (Lipinski definition) is 3. The van der Waals surface area contributed by atoms with Gasteiger partial charge in [0, 0.05) is 62.9 Å². The number of hydrogen-bond acceptors (Lipinski definition) is 18.